The van der Waals surface area contributed by atoms with Crippen molar-refractivity contribution in [3.63, 3.8) is 0 Å². The molecule has 0 N–H and O–H groups in total. The zero-order valence-corrected chi connectivity index (χ0v) is 17.8. The Morgan fingerprint density at radius 3 is 2.37 bits per heavy atom. The summed E-state index contributed by atoms with van der Waals surface area (Å²) in [7, 11) is -2.31. The molecule has 3 aromatic rings. The first-order valence-electron chi connectivity index (χ1n) is 9.20. The molecule has 0 saturated heterocycles. The number of furan rings is 1. The van der Waals surface area contributed by atoms with Gasteiger partial charge in [0.2, 0.25) is 0 Å². The van der Waals surface area contributed by atoms with E-state index < -0.39 is 10.1 Å². The minimum absolute atomic E-state index is 0.0678. The van der Waals surface area contributed by atoms with Gasteiger partial charge in [-0.15, -0.1) is 0 Å². The third kappa shape index (κ3) is 5.64. The Balaban J connectivity index is 1.91. The molecule has 0 fully saturated rings. The van der Waals surface area contributed by atoms with Crippen molar-refractivity contribution < 1.29 is 26.5 Å². The highest BCUT2D eigenvalue weighted by atomic mass is 32.2. The summed E-state index contributed by atoms with van der Waals surface area (Å²) >= 11 is 0. The maximum atomic E-state index is 13.2. The number of benzene rings is 2. The number of aryl methyl sites for hydroxylation is 1. The van der Waals surface area contributed by atoms with Crippen LogP contribution in [0.1, 0.15) is 27.2 Å². The number of amides is 1. The fraction of sp³-hybridized carbons (Fsp3) is 0.227. The molecule has 1 heterocycles. The third-order valence-corrected chi connectivity index (χ3v) is 4.84. The molecule has 0 atom stereocenters. The number of hydrogen-bond donors (Lipinski definition) is 0. The smallest absolute Gasteiger partial charge is 0.306 e. The number of nitrogens with zero attached hydrogens (tertiary/aromatic N) is 1. The third-order valence-electron chi connectivity index (χ3n) is 4.36. The van der Waals surface area contributed by atoms with Crippen LogP contribution in [0.25, 0.3) is 0 Å². The first-order valence-corrected chi connectivity index (χ1v) is 11.0. The van der Waals surface area contributed by atoms with Crippen molar-refractivity contribution in [1.82, 2.24) is 4.90 Å². The van der Waals surface area contributed by atoms with E-state index in [0.717, 1.165) is 11.8 Å². The lowest BCUT2D eigenvalue weighted by Crippen LogP contribution is -2.30. The normalized spacial score (nSPS) is 11.2. The van der Waals surface area contributed by atoms with Crippen LogP contribution < -0.4 is 8.92 Å². The van der Waals surface area contributed by atoms with E-state index in [1.807, 2.05) is 19.1 Å². The van der Waals surface area contributed by atoms with Gasteiger partial charge in [-0.3, -0.25) is 4.79 Å². The molecule has 0 aliphatic rings. The van der Waals surface area contributed by atoms with Gasteiger partial charge in [-0.05, 0) is 48.9 Å². The van der Waals surface area contributed by atoms with Crippen LogP contribution in [0, 0.1) is 6.92 Å². The molecule has 30 heavy (non-hydrogen) atoms. The number of carbonyl (C=O) groups excluding carboxylic acids is 1. The Morgan fingerprint density at radius 1 is 1.03 bits per heavy atom. The molecule has 8 heteroatoms. The quantitative estimate of drug-likeness (QED) is 0.507. The number of carbonyl (C=O) groups is 1. The second kappa shape index (κ2) is 9.04. The van der Waals surface area contributed by atoms with Crippen molar-refractivity contribution >= 4 is 16.0 Å². The van der Waals surface area contributed by atoms with Crippen LogP contribution in [0.15, 0.2) is 65.3 Å². The number of hydrogen-bond acceptors (Lipinski definition) is 6. The summed E-state index contributed by atoms with van der Waals surface area (Å²) in [6.07, 6.45) is 2.51. The van der Waals surface area contributed by atoms with Crippen molar-refractivity contribution in [3.05, 3.63) is 83.3 Å². The highest BCUT2D eigenvalue weighted by Crippen LogP contribution is 2.30. The van der Waals surface area contributed by atoms with E-state index in [9.17, 15) is 13.2 Å². The zero-order valence-electron chi connectivity index (χ0n) is 17.0. The second-order valence-corrected chi connectivity index (χ2v) is 8.45. The van der Waals surface area contributed by atoms with E-state index in [4.69, 9.17) is 13.3 Å². The Kier molecular flexibility index (Phi) is 6.47. The van der Waals surface area contributed by atoms with E-state index in [1.165, 1.54) is 7.11 Å². The van der Waals surface area contributed by atoms with Crippen molar-refractivity contribution in [2.75, 3.05) is 13.4 Å². The summed E-state index contributed by atoms with van der Waals surface area (Å²) in [6, 6.07) is 15.8. The first-order chi connectivity index (χ1) is 14.2. The van der Waals surface area contributed by atoms with E-state index >= 15 is 0 Å². The molecule has 1 amide bonds. The van der Waals surface area contributed by atoms with Crippen LogP contribution in [0.2, 0.25) is 0 Å². The van der Waals surface area contributed by atoms with Crippen molar-refractivity contribution in [3.8, 4) is 11.5 Å². The van der Waals surface area contributed by atoms with Gasteiger partial charge in [-0.25, -0.2) is 0 Å². The van der Waals surface area contributed by atoms with Gasteiger partial charge in [0, 0.05) is 12.1 Å². The van der Waals surface area contributed by atoms with Crippen LogP contribution >= 0.6 is 0 Å². The van der Waals surface area contributed by atoms with Gasteiger partial charge in [0.25, 0.3) is 5.91 Å². The van der Waals surface area contributed by atoms with Gasteiger partial charge in [-0.1, -0.05) is 23.8 Å². The molecule has 0 aliphatic carbocycles. The largest absolute Gasteiger partial charge is 0.493 e. The average Bonchev–Trinajstić information content (AvgIpc) is 3.20. The van der Waals surface area contributed by atoms with Gasteiger partial charge >= 0.3 is 10.1 Å². The molecule has 0 radical (unpaired) electrons. The van der Waals surface area contributed by atoms with Gasteiger partial charge < -0.3 is 18.2 Å². The maximum absolute atomic E-state index is 13.2. The summed E-state index contributed by atoms with van der Waals surface area (Å²) < 4.78 is 38.8. The minimum atomic E-state index is -3.73. The van der Waals surface area contributed by atoms with Crippen molar-refractivity contribution in [2.24, 2.45) is 0 Å². The summed E-state index contributed by atoms with van der Waals surface area (Å²) in [5, 5.41) is 0. The summed E-state index contributed by atoms with van der Waals surface area (Å²) in [5.74, 6) is 0.814. The summed E-state index contributed by atoms with van der Waals surface area (Å²) in [4.78, 5) is 14.8. The number of methoxy groups -OCH3 is 1. The fourth-order valence-corrected chi connectivity index (χ4v) is 3.39. The van der Waals surface area contributed by atoms with E-state index in [-0.39, 0.29) is 30.5 Å². The molecule has 0 unspecified atom stereocenters. The van der Waals surface area contributed by atoms with E-state index in [1.54, 1.807) is 53.6 Å². The molecular weight excluding hydrogens is 406 g/mol. The highest BCUT2D eigenvalue weighted by molar-refractivity contribution is 7.86. The Bertz CT molecular complexity index is 1110. The maximum Gasteiger partial charge on any atom is 0.306 e. The van der Waals surface area contributed by atoms with Gasteiger partial charge in [0.1, 0.15) is 5.76 Å². The Labute approximate surface area is 176 Å². The standard InChI is InChI=1S/C22H23NO6S/c1-16-6-9-18(10-7-16)22(24)23(15-19-5-4-12-28-19)14-17-8-11-20(27-2)21(13-17)29-30(3,25)26/h4-13H,14-15H2,1-3H3. The predicted molar refractivity (Wildman–Crippen MR) is 112 cm³/mol. The lowest BCUT2D eigenvalue weighted by Gasteiger charge is -2.22. The monoisotopic (exact) mass is 429 g/mol. The van der Waals surface area contributed by atoms with Crippen LogP contribution in [-0.4, -0.2) is 32.6 Å². The Morgan fingerprint density at radius 2 is 1.77 bits per heavy atom. The summed E-state index contributed by atoms with van der Waals surface area (Å²) in [6.45, 7) is 2.43. The average molecular weight is 429 g/mol. The van der Waals surface area contributed by atoms with Crippen LogP contribution in [0.4, 0.5) is 0 Å². The molecule has 158 valence electrons. The SMILES string of the molecule is COc1ccc(CN(Cc2ccco2)C(=O)c2ccc(C)cc2)cc1OS(C)(=O)=O. The molecule has 0 saturated carbocycles. The first kappa shape index (κ1) is 21.4. The van der Waals surface area contributed by atoms with Crippen LogP contribution in [0.3, 0.4) is 0 Å². The lowest BCUT2D eigenvalue weighted by molar-refractivity contribution is 0.0717. The molecule has 0 spiro atoms. The lowest BCUT2D eigenvalue weighted by atomic mass is 10.1. The fourth-order valence-electron chi connectivity index (χ4n) is 2.94. The van der Waals surface area contributed by atoms with Crippen LogP contribution in [0.5, 0.6) is 11.5 Å². The van der Waals surface area contributed by atoms with Crippen molar-refractivity contribution in [1.29, 1.82) is 0 Å². The molecule has 0 bridgehead atoms. The molecular formula is C22H23NO6S. The Hall–Kier alpha value is -3.26. The molecule has 7 nitrogen and oxygen atoms in total. The second-order valence-electron chi connectivity index (χ2n) is 6.88. The zero-order chi connectivity index (χ0) is 21.7. The minimum Gasteiger partial charge on any atom is -0.493 e. The predicted octanol–water partition coefficient (Wildman–Crippen LogP) is 3.78. The topological polar surface area (TPSA) is 86.0 Å². The number of rotatable bonds is 8. The van der Waals surface area contributed by atoms with Crippen LogP contribution in [-0.2, 0) is 23.2 Å². The summed E-state index contributed by atoms with van der Waals surface area (Å²) in [5.41, 5.74) is 2.29. The number of ether oxygens (including phenoxy) is 1. The molecule has 0 aliphatic heterocycles. The molecule has 1 aromatic heterocycles. The van der Waals surface area contributed by atoms with Gasteiger partial charge in [0.05, 0.1) is 26.2 Å². The van der Waals surface area contributed by atoms with E-state index in [0.29, 0.717) is 16.9 Å². The van der Waals surface area contributed by atoms with Gasteiger partial charge in [0.15, 0.2) is 11.5 Å². The van der Waals surface area contributed by atoms with Crippen molar-refractivity contribution in [2.45, 2.75) is 20.0 Å². The molecule has 2 aromatic carbocycles. The highest BCUT2D eigenvalue weighted by Gasteiger charge is 2.19. The molecule has 3 rings (SSSR count). The van der Waals surface area contributed by atoms with Gasteiger partial charge in [-0.2, -0.15) is 8.42 Å². The van der Waals surface area contributed by atoms with E-state index in [2.05, 4.69) is 0 Å².